The Hall–Kier alpha value is -0.850. The zero-order valence-corrected chi connectivity index (χ0v) is 11.8. The Labute approximate surface area is 114 Å². The minimum absolute atomic E-state index is 0.326. The molecule has 0 amide bonds. The Kier molecular flexibility index (Phi) is 4.42. The first-order valence-electron chi connectivity index (χ1n) is 5.61. The summed E-state index contributed by atoms with van der Waals surface area (Å²) in [6.45, 7) is 1.92. The molecule has 0 saturated carbocycles. The number of halogens is 2. The monoisotopic (exact) mass is 319 g/mol. The molecule has 6 heteroatoms. The van der Waals surface area contributed by atoms with Crippen LogP contribution in [0.2, 0.25) is 0 Å². The number of nitrogens with one attached hydrogen (secondary N) is 1. The molecule has 1 aliphatic heterocycles. The van der Waals surface area contributed by atoms with Crippen LogP contribution in [0.1, 0.15) is 11.7 Å². The van der Waals surface area contributed by atoms with Crippen molar-refractivity contribution in [2.24, 2.45) is 0 Å². The molecule has 0 aliphatic carbocycles. The smallest absolute Gasteiger partial charge is 0.175 e. The third-order valence-electron chi connectivity index (χ3n) is 2.85. The van der Waals surface area contributed by atoms with Gasteiger partial charge < -0.3 is 19.5 Å². The van der Waals surface area contributed by atoms with Gasteiger partial charge in [0.05, 0.1) is 31.4 Å². The van der Waals surface area contributed by atoms with E-state index in [4.69, 9.17) is 14.2 Å². The van der Waals surface area contributed by atoms with E-state index in [2.05, 4.69) is 21.2 Å². The number of morpholine rings is 1. The van der Waals surface area contributed by atoms with Gasteiger partial charge in [-0.05, 0) is 15.9 Å². The highest BCUT2D eigenvalue weighted by Gasteiger charge is 2.26. The van der Waals surface area contributed by atoms with Gasteiger partial charge in [0.15, 0.2) is 11.5 Å². The number of methoxy groups -OCH3 is 2. The summed E-state index contributed by atoms with van der Waals surface area (Å²) >= 11 is 3.37. The van der Waals surface area contributed by atoms with Gasteiger partial charge in [0.2, 0.25) is 0 Å². The van der Waals surface area contributed by atoms with E-state index in [0.717, 1.165) is 6.54 Å². The van der Waals surface area contributed by atoms with Gasteiger partial charge in [-0.25, -0.2) is 4.39 Å². The molecule has 1 fully saturated rings. The van der Waals surface area contributed by atoms with Gasteiger partial charge in [0, 0.05) is 24.7 Å². The zero-order chi connectivity index (χ0) is 13.1. The second kappa shape index (κ2) is 5.86. The second-order valence-electron chi connectivity index (χ2n) is 3.89. The summed E-state index contributed by atoms with van der Waals surface area (Å²) in [5.74, 6) is 0.464. The number of rotatable bonds is 3. The van der Waals surface area contributed by atoms with Crippen LogP contribution in [0.15, 0.2) is 10.5 Å². The summed E-state index contributed by atoms with van der Waals surface area (Å²) in [5.41, 5.74) is 0.458. The fourth-order valence-corrected chi connectivity index (χ4v) is 2.78. The lowest BCUT2D eigenvalue weighted by Crippen LogP contribution is -2.34. The average Bonchev–Trinajstić information content (AvgIpc) is 2.39. The lowest BCUT2D eigenvalue weighted by atomic mass is 10.1. The molecule has 0 bridgehead atoms. The third-order valence-corrected chi connectivity index (χ3v) is 3.64. The number of benzene rings is 1. The van der Waals surface area contributed by atoms with Crippen molar-refractivity contribution in [2.45, 2.75) is 6.10 Å². The summed E-state index contributed by atoms with van der Waals surface area (Å²) in [6, 6.07) is 1.32. The van der Waals surface area contributed by atoms with Gasteiger partial charge in [0.1, 0.15) is 5.82 Å². The standard InChI is InChI=1S/C12H15BrFNO3/c1-16-8-5-7(14)10(11(13)12(8)17-2)9-6-15-3-4-18-9/h5,9,15H,3-4,6H2,1-2H3. The molecule has 4 nitrogen and oxygen atoms in total. The molecular weight excluding hydrogens is 305 g/mol. The molecule has 0 spiro atoms. The van der Waals surface area contributed by atoms with E-state index < -0.39 is 0 Å². The van der Waals surface area contributed by atoms with Gasteiger partial charge >= 0.3 is 0 Å². The van der Waals surface area contributed by atoms with Crippen LogP contribution in [0.3, 0.4) is 0 Å². The second-order valence-corrected chi connectivity index (χ2v) is 4.68. The molecule has 0 radical (unpaired) electrons. The summed E-state index contributed by atoms with van der Waals surface area (Å²) in [5, 5.41) is 3.17. The lowest BCUT2D eigenvalue weighted by Gasteiger charge is -2.26. The number of hydrogen-bond acceptors (Lipinski definition) is 4. The van der Waals surface area contributed by atoms with E-state index in [0.29, 0.717) is 34.7 Å². The van der Waals surface area contributed by atoms with Crippen molar-refractivity contribution in [1.29, 1.82) is 0 Å². The first kappa shape index (κ1) is 13.6. The minimum Gasteiger partial charge on any atom is -0.493 e. The maximum Gasteiger partial charge on any atom is 0.175 e. The average molecular weight is 320 g/mol. The molecule has 1 saturated heterocycles. The molecule has 18 heavy (non-hydrogen) atoms. The van der Waals surface area contributed by atoms with Crippen LogP contribution in [0, 0.1) is 5.82 Å². The zero-order valence-electron chi connectivity index (χ0n) is 10.3. The van der Waals surface area contributed by atoms with Crippen LogP contribution in [0.5, 0.6) is 11.5 Å². The molecule has 1 unspecified atom stereocenters. The van der Waals surface area contributed by atoms with Crippen LogP contribution < -0.4 is 14.8 Å². The van der Waals surface area contributed by atoms with E-state index in [1.54, 1.807) is 0 Å². The predicted molar refractivity (Wildman–Crippen MR) is 68.8 cm³/mol. The fraction of sp³-hybridized carbons (Fsp3) is 0.500. The van der Waals surface area contributed by atoms with Gasteiger partial charge in [-0.3, -0.25) is 0 Å². The molecule has 1 N–H and O–H groups in total. The first-order valence-corrected chi connectivity index (χ1v) is 6.40. The predicted octanol–water partition coefficient (Wildman–Crippen LogP) is 2.27. The SMILES string of the molecule is COc1cc(F)c(C2CNCCO2)c(Br)c1OC. The molecule has 1 heterocycles. The van der Waals surface area contributed by atoms with Crippen LogP contribution >= 0.6 is 15.9 Å². The summed E-state index contributed by atoms with van der Waals surface area (Å²) in [7, 11) is 2.99. The highest BCUT2D eigenvalue weighted by molar-refractivity contribution is 9.10. The van der Waals surface area contributed by atoms with Crippen molar-refractivity contribution < 1.29 is 18.6 Å². The van der Waals surface area contributed by atoms with E-state index >= 15 is 0 Å². The first-order chi connectivity index (χ1) is 8.69. The third kappa shape index (κ3) is 2.46. The lowest BCUT2D eigenvalue weighted by molar-refractivity contribution is 0.0248. The summed E-state index contributed by atoms with van der Waals surface area (Å²) in [4.78, 5) is 0. The number of hydrogen-bond donors (Lipinski definition) is 1. The van der Waals surface area contributed by atoms with E-state index in [1.807, 2.05) is 0 Å². The fourth-order valence-electron chi connectivity index (χ4n) is 1.98. The van der Waals surface area contributed by atoms with Gasteiger partial charge in [0.25, 0.3) is 0 Å². The van der Waals surface area contributed by atoms with Crippen LogP contribution in [0.25, 0.3) is 0 Å². The van der Waals surface area contributed by atoms with E-state index in [-0.39, 0.29) is 11.9 Å². The molecule has 0 aromatic heterocycles. The molecule has 1 atom stereocenters. The normalized spacial score (nSPS) is 19.7. The highest BCUT2D eigenvalue weighted by Crippen LogP contribution is 2.42. The molecule has 100 valence electrons. The van der Waals surface area contributed by atoms with E-state index in [1.165, 1.54) is 20.3 Å². The van der Waals surface area contributed by atoms with E-state index in [9.17, 15) is 4.39 Å². The molecule has 1 aliphatic rings. The highest BCUT2D eigenvalue weighted by atomic mass is 79.9. The summed E-state index contributed by atoms with van der Waals surface area (Å²) in [6.07, 6.45) is -0.326. The Bertz CT molecular complexity index is 436. The van der Waals surface area contributed by atoms with Crippen molar-refractivity contribution in [3.8, 4) is 11.5 Å². The Morgan fingerprint density at radius 2 is 2.22 bits per heavy atom. The van der Waals surface area contributed by atoms with Crippen molar-refractivity contribution in [2.75, 3.05) is 33.9 Å². The Morgan fingerprint density at radius 1 is 1.44 bits per heavy atom. The molecule has 1 aromatic rings. The molecular formula is C12H15BrFNO3. The minimum atomic E-state index is -0.367. The van der Waals surface area contributed by atoms with Crippen LogP contribution in [-0.2, 0) is 4.74 Å². The summed E-state index contributed by atoms with van der Waals surface area (Å²) < 4.78 is 30.6. The maximum atomic E-state index is 14.1. The van der Waals surface area contributed by atoms with Gasteiger partial charge in [-0.15, -0.1) is 0 Å². The number of ether oxygens (including phenoxy) is 3. The van der Waals surface area contributed by atoms with Crippen LogP contribution in [-0.4, -0.2) is 33.9 Å². The molecule has 1 aromatic carbocycles. The molecule has 2 rings (SSSR count). The quantitative estimate of drug-likeness (QED) is 0.927. The van der Waals surface area contributed by atoms with Crippen LogP contribution in [0.4, 0.5) is 4.39 Å². The van der Waals surface area contributed by atoms with Crippen molar-refractivity contribution in [1.82, 2.24) is 5.32 Å². The topological polar surface area (TPSA) is 39.7 Å². The maximum absolute atomic E-state index is 14.1. The van der Waals surface area contributed by atoms with Crippen molar-refractivity contribution in [3.63, 3.8) is 0 Å². The largest absolute Gasteiger partial charge is 0.493 e. The van der Waals surface area contributed by atoms with Gasteiger partial charge in [-0.1, -0.05) is 0 Å². The Balaban J connectivity index is 2.46. The Morgan fingerprint density at radius 3 is 2.78 bits per heavy atom. The van der Waals surface area contributed by atoms with Gasteiger partial charge in [-0.2, -0.15) is 0 Å². The van der Waals surface area contributed by atoms with Crippen molar-refractivity contribution in [3.05, 3.63) is 21.9 Å². The van der Waals surface area contributed by atoms with Crippen molar-refractivity contribution >= 4 is 15.9 Å².